The maximum absolute atomic E-state index is 13.1. The molecule has 0 heterocycles. The zero-order chi connectivity index (χ0) is 11.4. The minimum atomic E-state index is -1.15. The van der Waals surface area contributed by atoms with Gasteiger partial charge in [0.15, 0.2) is 11.6 Å². The lowest BCUT2D eigenvalue weighted by Gasteiger charge is -2.06. The van der Waals surface area contributed by atoms with Crippen LogP contribution < -0.4 is 5.73 Å². The molecular formula is C11H14F3N. The van der Waals surface area contributed by atoms with Gasteiger partial charge in [-0.2, -0.15) is 0 Å². The monoisotopic (exact) mass is 217 g/mol. The fourth-order valence-corrected chi connectivity index (χ4v) is 1.37. The molecule has 0 saturated carbocycles. The molecule has 0 fully saturated rings. The summed E-state index contributed by atoms with van der Waals surface area (Å²) in [5.74, 6) is -2.85. The first kappa shape index (κ1) is 12.0. The molecule has 2 N–H and O–H groups in total. The Morgan fingerprint density at radius 1 is 1.13 bits per heavy atom. The molecule has 84 valence electrons. The number of aryl methyl sites for hydroxylation is 1. The molecule has 1 rings (SSSR count). The Bertz CT molecular complexity index is 337. The normalized spacial score (nSPS) is 12.9. The molecule has 0 aliphatic heterocycles. The van der Waals surface area contributed by atoms with Gasteiger partial charge in [0, 0.05) is 12.1 Å². The van der Waals surface area contributed by atoms with Gasteiger partial charge < -0.3 is 5.73 Å². The zero-order valence-electron chi connectivity index (χ0n) is 8.56. The lowest BCUT2D eigenvalue weighted by Crippen LogP contribution is -2.14. The number of rotatable bonds is 4. The second kappa shape index (κ2) is 5.16. The van der Waals surface area contributed by atoms with E-state index in [0.717, 1.165) is 12.5 Å². The Hall–Kier alpha value is -1.03. The van der Waals surface area contributed by atoms with E-state index in [0.29, 0.717) is 18.9 Å². The van der Waals surface area contributed by atoms with Gasteiger partial charge >= 0.3 is 0 Å². The number of hydrogen-bond donors (Lipinski definition) is 1. The summed E-state index contributed by atoms with van der Waals surface area (Å²) in [7, 11) is 0. The van der Waals surface area contributed by atoms with Crippen molar-refractivity contribution in [2.75, 3.05) is 0 Å². The van der Waals surface area contributed by atoms with Crippen molar-refractivity contribution >= 4 is 0 Å². The van der Waals surface area contributed by atoms with Crippen LogP contribution in [0.3, 0.4) is 0 Å². The molecule has 0 aromatic heterocycles. The van der Waals surface area contributed by atoms with E-state index in [2.05, 4.69) is 0 Å². The van der Waals surface area contributed by atoms with Crippen molar-refractivity contribution in [1.29, 1.82) is 0 Å². The van der Waals surface area contributed by atoms with Crippen LogP contribution in [0.4, 0.5) is 13.2 Å². The van der Waals surface area contributed by atoms with Gasteiger partial charge in [-0.15, -0.1) is 0 Å². The molecule has 1 atom stereocenters. The number of halogens is 3. The van der Waals surface area contributed by atoms with E-state index in [9.17, 15) is 13.2 Å². The Balaban J connectivity index is 2.65. The van der Waals surface area contributed by atoms with Gasteiger partial charge in [0.1, 0.15) is 5.82 Å². The number of benzene rings is 1. The number of nitrogens with two attached hydrogens (primary N) is 1. The molecule has 0 aliphatic carbocycles. The molecule has 15 heavy (non-hydrogen) atoms. The molecule has 1 nitrogen and oxygen atoms in total. The van der Waals surface area contributed by atoms with Crippen LogP contribution in [-0.4, -0.2) is 6.04 Å². The summed E-state index contributed by atoms with van der Waals surface area (Å²) >= 11 is 0. The summed E-state index contributed by atoms with van der Waals surface area (Å²) < 4.78 is 38.5. The van der Waals surface area contributed by atoms with Crippen molar-refractivity contribution in [2.24, 2.45) is 5.73 Å². The first-order chi connectivity index (χ1) is 7.00. The molecule has 1 aromatic carbocycles. The Morgan fingerprint density at radius 3 is 2.33 bits per heavy atom. The Labute approximate surface area is 87.1 Å². The van der Waals surface area contributed by atoms with Crippen molar-refractivity contribution in [3.63, 3.8) is 0 Å². The fourth-order valence-electron chi connectivity index (χ4n) is 1.37. The highest BCUT2D eigenvalue weighted by atomic mass is 19.2. The van der Waals surface area contributed by atoms with Crippen molar-refractivity contribution in [3.8, 4) is 0 Å². The molecule has 0 unspecified atom stereocenters. The topological polar surface area (TPSA) is 26.0 Å². The molecular weight excluding hydrogens is 203 g/mol. The molecule has 1 aromatic rings. The van der Waals surface area contributed by atoms with E-state index < -0.39 is 17.5 Å². The third kappa shape index (κ3) is 3.55. The molecule has 0 aliphatic rings. The minimum Gasteiger partial charge on any atom is -0.328 e. The maximum atomic E-state index is 13.1. The van der Waals surface area contributed by atoms with Crippen LogP contribution >= 0.6 is 0 Å². The van der Waals surface area contributed by atoms with Gasteiger partial charge in [-0.1, -0.05) is 0 Å². The van der Waals surface area contributed by atoms with Crippen LogP contribution in [0.2, 0.25) is 0 Å². The summed E-state index contributed by atoms with van der Waals surface area (Å²) in [6, 6.07) is 1.53. The third-order valence-corrected chi connectivity index (χ3v) is 2.19. The van der Waals surface area contributed by atoms with Gasteiger partial charge in [-0.25, -0.2) is 13.2 Å². The molecule has 0 radical (unpaired) electrons. The lowest BCUT2D eigenvalue weighted by atomic mass is 10.1. The highest BCUT2D eigenvalue weighted by molar-refractivity contribution is 5.20. The van der Waals surface area contributed by atoms with Crippen LogP contribution in [0.15, 0.2) is 12.1 Å². The van der Waals surface area contributed by atoms with E-state index in [4.69, 9.17) is 5.73 Å². The van der Waals surface area contributed by atoms with Crippen LogP contribution in [0.25, 0.3) is 0 Å². The van der Waals surface area contributed by atoms with Crippen LogP contribution in [-0.2, 0) is 6.42 Å². The van der Waals surface area contributed by atoms with E-state index >= 15 is 0 Å². The van der Waals surface area contributed by atoms with Gasteiger partial charge in [-0.05, 0) is 37.8 Å². The van der Waals surface area contributed by atoms with Crippen LogP contribution in [0.1, 0.15) is 25.3 Å². The second-order valence-corrected chi connectivity index (χ2v) is 3.73. The summed E-state index contributed by atoms with van der Waals surface area (Å²) in [4.78, 5) is 0. The second-order valence-electron chi connectivity index (χ2n) is 3.73. The summed E-state index contributed by atoms with van der Waals surface area (Å²) in [6.45, 7) is 1.85. The first-order valence-electron chi connectivity index (χ1n) is 4.89. The summed E-state index contributed by atoms with van der Waals surface area (Å²) in [6.07, 6.45) is 1.78. The van der Waals surface area contributed by atoms with E-state index in [-0.39, 0.29) is 11.6 Å². The predicted molar refractivity (Wildman–Crippen MR) is 52.9 cm³/mol. The molecule has 0 spiro atoms. The van der Waals surface area contributed by atoms with Gasteiger partial charge in [0.2, 0.25) is 0 Å². The smallest absolute Gasteiger partial charge is 0.161 e. The zero-order valence-corrected chi connectivity index (χ0v) is 8.56. The van der Waals surface area contributed by atoms with Crippen molar-refractivity contribution in [1.82, 2.24) is 0 Å². The average Bonchev–Trinajstić information content (AvgIpc) is 2.13. The minimum absolute atomic E-state index is 0.0401. The summed E-state index contributed by atoms with van der Waals surface area (Å²) in [5.41, 5.74) is 5.72. The molecule has 0 amide bonds. The van der Waals surface area contributed by atoms with Gasteiger partial charge in [-0.3, -0.25) is 0 Å². The molecule has 4 heteroatoms. The highest BCUT2D eigenvalue weighted by Crippen LogP contribution is 2.16. The molecule has 0 saturated heterocycles. The SMILES string of the molecule is C[C@H](N)CCCc1cc(F)c(F)cc1F. The standard InChI is InChI=1S/C11H14F3N/c1-7(15)3-2-4-8-5-10(13)11(14)6-9(8)12/h5-7H,2-4,15H2,1H3/t7-/m0/s1. The lowest BCUT2D eigenvalue weighted by molar-refractivity contribution is 0.488. The van der Waals surface area contributed by atoms with Crippen molar-refractivity contribution in [2.45, 2.75) is 32.2 Å². The molecule has 0 bridgehead atoms. The predicted octanol–water partition coefficient (Wildman–Crippen LogP) is 2.77. The van der Waals surface area contributed by atoms with Gasteiger partial charge in [0.05, 0.1) is 0 Å². The van der Waals surface area contributed by atoms with Gasteiger partial charge in [0.25, 0.3) is 0 Å². The maximum Gasteiger partial charge on any atom is 0.161 e. The number of hydrogen-bond acceptors (Lipinski definition) is 1. The van der Waals surface area contributed by atoms with Crippen molar-refractivity contribution in [3.05, 3.63) is 35.1 Å². The van der Waals surface area contributed by atoms with Crippen molar-refractivity contribution < 1.29 is 13.2 Å². The Morgan fingerprint density at radius 2 is 1.73 bits per heavy atom. The quantitative estimate of drug-likeness (QED) is 0.771. The average molecular weight is 217 g/mol. The third-order valence-electron chi connectivity index (χ3n) is 2.19. The van der Waals surface area contributed by atoms with Crippen LogP contribution in [0, 0.1) is 17.5 Å². The van der Waals surface area contributed by atoms with E-state index in [1.165, 1.54) is 0 Å². The van der Waals surface area contributed by atoms with E-state index in [1.54, 1.807) is 0 Å². The Kier molecular flexibility index (Phi) is 4.15. The first-order valence-corrected chi connectivity index (χ1v) is 4.89. The largest absolute Gasteiger partial charge is 0.328 e. The highest BCUT2D eigenvalue weighted by Gasteiger charge is 2.09. The summed E-state index contributed by atoms with van der Waals surface area (Å²) in [5, 5.41) is 0. The fraction of sp³-hybridized carbons (Fsp3) is 0.455. The van der Waals surface area contributed by atoms with Crippen LogP contribution in [0.5, 0.6) is 0 Å². The van der Waals surface area contributed by atoms with E-state index in [1.807, 2.05) is 6.92 Å².